The van der Waals surface area contributed by atoms with Crippen LogP contribution in [0.15, 0.2) is 60.8 Å². The second kappa shape index (κ2) is 6.43. The summed E-state index contributed by atoms with van der Waals surface area (Å²) < 4.78 is 27.4. The van der Waals surface area contributed by atoms with Crippen LogP contribution in [0.2, 0.25) is 0 Å². The molecule has 3 rings (SSSR count). The lowest BCUT2D eigenvalue weighted by atomic mass is 9.82. The lowest BCUT2D eigenvalue weighted by Crippen LogP contribution is -2.56. The number of carbonyl (C=O) groups is 1. The van der Waals surface area contributed by atoms with Gasteiger partial charge in [0.2, 0.25) is 5.91 Å². The largest absolute Gasteiger partial charge is 0.365 e. The maximum Gasteiger partial charge on any atom is 0.218 e. The summed E-state index contributed by atoms with van der Waals surface area (Å²) in [6.45, 7) is 1.41. The van der Waals surface area contributed by atoms with Crippen LogP contribution in [0.5, 0.6) is 0 Å². The van der Waals surface area contributed by atoms with Crippen molar-refractivity contribution in [3.8, 4) is 0 Å². The molecule has 0 aliphatic carbocycles. The summed E-state index contributed by atoms with van der Waals surface area (Å²) in [7, 11) is 0. The molecule has 5 heteroatoms. The fourth-order valence-corrected chi connectivity index (χ4v) is 2.96. The Morgan fingerprint density at radius 2 is 1.83 bits per heavy atom. The summed E-state index contributed by atoms with van der Waals surface area (Å²) in [5.41, 5.74) is 0.218. The molecule has 0 saturated carbocycles. The molecule has 2 N–H and O–H groups in total. The van der Waals surface area contributed by atoms with Crippen LogP contribution in [0.1, 0.15) is 24.5 Å². The van der Waals surface area contributed by atoms with E-state index in [1.165, 1.54) is 25.1 Å². The van der Waals surface area contributed by atoms with Gasteiger partial charge in [-0.3, -0.25) is 4.79 Å². The molecule has 1 radical (unpaired) electrons. The van der Waals surface area contributed by atoms with Crippen LogP contribution in [-0.4, -0.2) is 5.91 Å². The highest BCUT2D eigenvalue weighted by Gasteiger charge is 2.38. The van der Waals surface area contributed by atoms with Crippen molar-refractivity contribution in [2.45, 2.75) is 19.0 Å². The molecule has 0 aromatic heterocycles. The molecule has 0 fully saturated rings. The van der Waals surface area contributed by atoms with E-state index in [1.807, 2.05) is 0 Å². The van der Waals surface area contributed by atoms with Gasteiger partial charge >= 0.3 is 0 Å². The Balaban J connectivity index is 2.01. The van der Waals surface area contributed by atoms with Crippen molar-refractivity contribution in [3.05, 3.63) is 89.5 Å². The summed E-state index contributed by atoms with van der Waals surface area (Å²) in [5.74, 6) is -0.184. The first-order chi connectivity index (χ1) is 11.5. The van der Waals surface area contributed by atoms with Crippen LogP contribution < -0.4 is 10.6 Å². The lowest BCUT2D eigenvalue weighted by molar-refractivity contribution is -0.121. The van der Waals surface area contributed by atoms with Crippen molar-refractivity contribution in [3.63, 3.8) is 0 Å². The van der Waals surface area contributed by atoms with E-state index in [2.05, 4.69) is 10.6 Å². The summed E-state index contributed by atoms with van der Waals surface area (Å²) >= 11 is 0. The highest BCUT2D eigenvalue weighted by Crippen LogP contribution is 2.35. The van der Waals surface area contributed by atoms with Crippen LogP contribution in [-0.2, 0) is 10.5 Å². The fourth-order valence-electron chi connectivity index (χ4n) is 2.96. The van der Waals surface area contributed by atoms with E-state index in [1.54, 1.807) is 42.6 Å². The van der Waals surface area contributed by atoms with Crippen molar-refractivity contribution in [2.75, 3.05) is 0 Å². The fraction of sp³-hybridized carbons (Fsp3) is 0.158. The number of allylic oxidation sites excluding steroid dienone is 1. The highest BCUT2D eigenvalue weighted by atomic mass is 19.1. The Morgan fingerprint density at radius 1 is 1.12 bits per heavy atom. The zero-order valence-electron chi connectivity index (χ0n) is 13.1. The Bertz CT molecular complexity index is 773. The highest BCUT2D eigenvalue weighted by molar-refractivity contribution is 5.74. The zero-order chi connectivity index (χ0) is 17.2. The van der Waals surface area contributed by atoms with E-state index in [0.29, 0.717) is 17.5 Å². The third-order valence-electron chi connectivity index (χ3n) is 4.02. The smallest absolute Gasteiger partial charge is 0.218 e. The summed E-state index contributed by atoms with van der Waals surface area (Å²) in [6.07, 6.45) is 3.78. The molecule has 1 aliphatic heterocycles. The number of nitrogens with one attached hydrogen (secondary N) is 2. The maximum absolute atomic E-state index is 14.1. The van der Waals surface area contributed by atoms with Crippen LogP contribution >= 0.6 is 0 Å². The number of halogens is 2. The maximum atomic E-state index is 14.1. The van der Waals surface area contributed by atoms with Crippen molar-refractivity contribution in [1.29, 1.82) is 0 Å². The zero-order valence-corrected chi connectivity index (χ0v) is 13.1. The Labute approximate surface area is 139 Å². The predicted molar refractivity (Wildman–Crippen MR) is 87.5 cm³/mol. The normalized spacial score (nSPS) is 20.5. The Morgan fingerprint density at radius 3 is 2.50 bits per heavy atom. The molecule has 1 amide bonds. The molecule has 2 aromatic carbocycles. The number of rotatable bonds is 3. The SMILES string of the molecule is CC(=O)NC1(c2ccc(F)cc2)C[C](c2ccccc2F)C=CN1. The Hall–Kier alpha value is -2.69. The molecular formula is C19H17F2N2O. The topological polar surface area (TPSA) is 41.1 Å². The van der Waals surface area contributed by atoms with E-state index in [4.69, 9.17) is 0 Å². The van der Waals surface area contributed by atoms with Gasteiger partial charge in [0.1, 0.15) is 17.3 Å². The van der Waals surface area contributed by atoms with Crippen molar-refractivity contribution < 1.29 is 13.6 Å². The predicted octanol–water partition coefficient (Wildman–Crippen LogP) is 3.38. The summed E-state index contributed by atoms with van der Waals surface area (Å²) in [4.78, 5) is 11.7. The molecule has 123 valence electrons. The molecule has 0 spiro atoms. The molecule has 0 bridgehead atoms. The third kappa shape index (κ3) is 3.15. The van der Waals surface area contributed by atoms with Crippen molar-refractivity contribution >= 4 is 5.91 Å². The molecule has 1 unspecified atom stereocenters. The second-order valence-corrected chi connectivity index (χ2v) is 5.75. The molecule has 1 aliphatic rings. The van der Waals surface area contributed by atoms with Gasteiger partial charge in [-0.25, -0.2) is 8.78 Å². The van der Waals surface area contributed by atoms with E-state index in [9.17, 15) is 13.6 Å². The molecule has 1 atom stereocenters. The van der Waals surface area contributed by atoms with Gasteiger partial charge in [-0.2, -0.15) is 0 Å². The third-order valence-corrected chi connectivity index (χ3v) is 4.02. The minimum absolute atomic E-state index is 0.241. The average Bonchev–Trinajstić information content (AvgIpc) is 2.55. The van der Waals surface area contributed by atoms with Gasteiger partial charge in [0, 0.05) is 19.3 Å². The number of amides is 1. The van der Waals surface area contributed by atoms with Gasteiger partial charge in [0.05, 0.1) is 0 Å². The summed E-state index contributed by atoms with van der Waals surface area (Å²) in [6, 6.07) is 12.4. The van der Waals surface area contributed by atoms with Gasteiger partial charge in [-0.1, -0.05) is 36.4 Å². The lowest BCUT2D eigenvalue weighted by Gasteiger charge is -2.40. The summed E-state index contributed by atoms with van der Waals surface area (Å²) in [5, 5.41) is 6.02. The quantitative estimate of drug-likeness (QED) is 0.907. The van der Waals surface area contributed by atoms with Gasteiger partial charge in [-0.05, 0) is 35.5 Å². The Kier molecular flexibility index (Phi) is 4.34. The number of hydrogen-bond acceptors (Lipinski definition) is 2. The molecule has 0 saturated heterocycles. The van der Waals surface area contributed by atoms with Gasteiger partial charge in [-0.15, -0.1) is 0 Å². The first-order valence-electron chi connectivity index (χ1n) is 7.60. The molecule has 24 heavy (non-hydrogen) atoms. The number of hydrogen-bond donors (Lipinski definition) is 2. The van der Waals surface area contributed by atoms with Gasteiger partial charge < -0.3 is 10.6 Å². The molecular weight excluding hydrogens is 310 g/mol. The van der Waals surface area contributed by atoms with E-state index < -0.39 is 5.66 Å². The van der Waals surface area contributed by atoms with E-state index in [0.717, 1.165) is 5.92 Å². The standard InChI is InChI=1S/C19H17F2N2O/c1-13(24)23-19(15-6-8-16(20)9-7-15)12-14(10-11-22-19)17-4-2-3-5-18(17)21/h2-11,22H,12H2,1H3,(H,23,24). The van der Waals surface area contributed by atoms with Gasteiger partial charge in [0.25, 0.3) is 0 Å². The van der Waals surface area contributed by atoms with Crippen LogP contribution in [0, 0.1) is 17.6 Å². The second-order valence-electron chi connectivity index (χ2n) is 5.75. The van der Waals surface area contributed by atoms with E-state index >= 15 is 0 Å². The first kappa shape index (κ1) is 16.2. The van der Waals surface area contributed by atoms with Crippen LogP contribution in [0.4, 0.5) is 8.78 Å². The average molecular weight is 327 g/mol. The van der Waals surface area contributed by atoms with Crippen molar-refractivity contribution in [2.24, 2.45) is 0 Å². The molecule has 2 aromatic rings. The van der Waals surface area contributed by atoms with E-state index in [-0.39, 0.29) is 17.5 Å². The minimum atomic E-state index is -0.952. The monoisotopic (exact) mass is 327 g/mol. The van der Waals surface area contributed by atoms with Crippen molar-refractivity contribution in [1.82, 2.24) is 10.6 Å². The number of carbonyl (C=O) groups excluding carboxylic acids is 1. The minimum Gasteiger partial charge on any atom is -0.365 e. The molecule has 1 heterocycles. The number of benzene rings is 2. The van der Waals surface area contributed by atoms with Crippen LogP contribution in [0.25, 0.3) is 0 Å². The first-order valence-corrected chi connectivity index (χ1v) is 7.60. The van der Waals surface area contributed by atoms with Gasteiger partial charge in [0.15, 0.2) is 0 Å². The van der Waals surface area contributed by atoms with Crippen LogP contribution in [0.3, 0.4) is 0 Å². The molecule has 3 nitrogen and oxygen atoms in total.